The van der Waals surface area contributed by atoms with Gasteiger partial charge in [-0.05, 0) is 26.0 Å². The molecule has 6 heteroatoms. The molecular weight excluding hydrogens is 237 g/mol. The normalized spacial score (nSPS) is 11.7. The van der Waals surface area contributed by atoms with Crippen molar-refractivity contribution in [3.05, 3.63) is 23.5 Å². The monoisotopic (exact) mass is 249 g/mol. The van der Waals surface area contributed by atoms with Crippen molar-refractivity contribution in [1.29, 1.82) is 0 Å². The van der Waals surface area contributed by atoms with Crippen LogP contribution in [-0.4, -0.2) is 18.2 Å². The summed E-state index contributed by atoms with van der Waals surface area (Å²) < 4.78 is 22.6. The highest BCUT2D eigenvalue weighted by Gasteiger charge is 2.26. The van der Waals surface area contributed by atoms with E-state index in [4.69, 9.17) is 20.6 Å². The first-order chi connectivity index (χ1) is 7.12. The summed E-state index contributed by atoms with van der Waals surface area (Å²) in [7, 11) is -3.22. The predicted octanol–water partition coefficient (Wildman–Crippen LogP) is 2.63. The van der Waals surface area contributed by atoms with Gasteiger partial charge in [0.05, 0.1) is 18.5 Å². The van der Waals surface area contributed by atoms with E-state index < -0.39 is 7.60 Å². The van der Waals surface area contributed by atoms with E-state index >= 15 is 0 Å². The number of hydrogen-bond donors (Lipinski definition) is 0. The molecule has 0 bridgehead atoms. The molecule has 0 aliphatic heterocycles. The zero-order valence-corrected chi connectivity index (χ0v) is 10.3. The van der Waals surface area contributed by atoms with Crippen LogP contribution in [0.3, 0.4) is 0 Å². The molecule has 0 aliphatic rings. The minimum atomic E-state index is -3.22. The SMILES string of the molecule is CCOP(=O)(OCC)c1ccnc(Cl)c1. The zero-order chi connectivity index (χ0) is 11.3. The third-order valence-corrected chi connectivity index (χ3v) is 3.94. The van der Waals surface area contributed by atoms with E-state index in [1.807, 2.05) is 0 Å². The second-order valence-electron chi connectivity index (χ2n) is 2.67. The Morgan fingerprint density at radius 2 is 2.00 bits per heavy atom. The number of hydrogen-bond acceptors (Lipinski definition) is 4. The van der Waals surface area contributed by atoms with E-state index in [0.29, 0.717) is 18.5 Å². The van der Waals surface area contributed by atoms with Gasteiger partial charge in [-0.2, -0.15) is 0 Å². The summed E-state index contributed by atoms with van der Waals surface area (Å²) >= 11 is 5.71. The van der Waals surface area contributed by atoms with Crippen LogP contribution in [0.4, 0.5) is 0 Å². The van der Waals surface area contributed by atoms with Gasteiger partial charge in [-0.1, -0.05) is 11.6 Å². The number of pyridine rings is 1. The Kier molecular flexibility index (Phi) is 4.74. The lowest BCUT2D eigenvalue weighted by Crippen LogP contribution is -2.10. The quantitative estimate of drug-likeness (QED) is 0.595. The summed E-state index contributed by atoms with van der Waals surface area (Å²) in [5.74, 6) is 0. The minimum Gasteiger partial charge on any atom is -0.305 e. The Morgan fingerprint density at radius 3 is 2.47 bits per heavy atom. The highest BCUT2D eigenvalue weighted by Crippen LogP contribution is 2.46. The van der Waals surface area contributed by atoms with Crippen LogP contribution >= 0.6 is 19.2 Å². The fourth-order valence-corrected chi connectivity index (χ4v) is 2.92. The Labute approximate surface area is 94.1 Å². The second kappa shape index (κ2) is 5.61. The summed E-state index contributed by atoms with van der Waals surface area (Å²) in [6.45, 7) is 4.15. The summed E-state index contributed by atoms with van der Waals surface area (Å²) in [5.41, 5.74) is 0. The third kappa shape index (κ3) is 3.28. The molecule has 0 amide bonds. The highest BCUT2D eigenvalue weighted by molar-refractivity contribution is 7.62. The molecule has 0 saturated carbocycles. The maximum absolute atomic E-state index is 12.2. The van der Waals surface area contributed by atoms with Gasteiger partial charge in [0.2, 0.25) is 0 Å². The molecule has 0 aliphatic carbocycles. The smallest absolute Gasteiger partial charge is 0.305 e. The summed E-state index contributed by atoms with van der Waals surface area (Å²) in [5, 5.41) is 0.707. The lowest BCUT2D eigenvalue weighted by atomic mass is 10.5. The van der Waals surface area contributed by atoms with Crippen LogP contribution in [0.1, 0.15) is 13.8 Å². The molecule has 0 radical (unpaired) electrons. The van der Waals surface area contributed by atoms with E-state index in [2.05, 4.69) is 4.98 Å². The van der Waals surface area contributed by atoms with Crippen molar-refractivity contribution in [2.45, 2.75) is 13.8 Å². The molecule has 15 heavy (non-hydrogen) atoms. The predicted molar refractivity (Wildman–Crippen MR) is 59.7 cm³/mol. The van der Waals surface area contributed by atoms with Gasteiger partial charge in [0, 0.05) is 6.20 Å². The van der Waals surface area contributed by atoms with Gasteiger partial charge in [0.25, 0.3) is 0 Å². The van der Waals surface area contributed by atoms with Crippen molar-refractivity contribution in [2.75, 3.05) is 13.2 Å². The van der Waals surface area contributed by atoms with Gasteiger partial charge in [0.1, 0.15) is 5.15 Å². The fraction of sp³-hybridized carbons (Fsp3) is 0.444. The zero-order valence-electron chi connectivity index (χ0n) is 8.64. The third-order valence-electron chi connectivity index (χ3n) is 1.62. The van der Waals surface area contributed by atoms with Crippen molar-refractivity contribution in [3.8, 4) is 0 Å². The summed E-state index contributed by atoms with van der Waals surface area (Å²) in [6, 6.07) is 3.08. The molecule has 0 aromatic carbocycles. The lowest BCUT2D eigenvalue weighted by Gasteiger charge is -2.16. The topological polar surface area (TPSA) is 48.4 Å². The van der Waals surface area contributed by atoms with Gasteiger partial charge in [-0.15, -0.1) is 0 Å². The molecule has 84 valence electrons. The number of rotatable bonds is 5. The maximum Gasteiger partial charge on any atom is 0.361 e. The van der Waals surface area contributed by atoms with Crippen molar-refractivity contribution < 1.29 is 13.6 Å². The Balaban J connectivity index is 3.03. The average Bonchev–Trinajstić information content (AvgIpc) is 2.18. The maximum atomic E-state index is 12.2. The van der Waals surface area contributed by atoms with Gasteiger partial charge < -0.3 is 9.05 Å². The Bertz CT molecular complexity index is 362. The lowest BCUT2D eigenvalue weighted by molar-refractivity contribution is 0.230. The van der Waals surface area contributed by atoms with E-state index in [-0.39, 0.29) is 5.15 Å². The molecule has 1 rings (SSSR count). The average molecular weight is 250 g/mol. The van der Waals surface area contributed by atoms with Crippen LogP contribution in [0.2, 0.25) is 5.15 Å². The number of aromatic nitrogens is 1. The number of nitrogens with zero attached hydrogens (tertiary/aromatic N) is 1. The molecule has 0 saturated heterocycles. The van der Waals surface area contributed by atoms with E-state index in [9.17, 15) is 4.57 Å². The second-order valence-corrected chi connectivity index (χ2v) is 5.08. The van der Waals surface area contributed by atoms with Crippen molar-refractivity contribution in [3.63, 3.8) is 0 Å². The van der Waals surface area contributed by atoms with Crippen molar-refractivity contribution >= 4 is 24.5 Å². The Hall–Kier alpha value is -0.410. The van der Waals surface area contributed by atoms with Crippen molar-refractivity contribution in [1.82, 2.24) is 4.98 Å². The first-order valence-corrected chi connectivity index (χ1v) is 6.55. The largest absolute Gasteiger partial charge is 0.361 e. The molecule has 0 N–H and O–H groups in total. The van der Waals surface area contributed by atoms with Gasteiger partial charge in [-0.25, -0.2) is 4.98 Å². The molecule has 0 unspecified atom stereocenters. The molecule has 0 fully saturated rings. The van der Waals surface area contributed by atoms with Crippen LogP contribution in [-0.2, 0) is 13.6 Å². The van der Waals surface area contributed by atoms with E-state index in [1.54, 1.807) is 19.9 Å². The van der Waals surface area contributed by atoms with Crippen LogP contribution in [0.25, 0.3) is 0 Å². The van der Waals surface area contributed by atoms with Crippen LogP contribution < -0.4 is 5.30 Å². The minimum absolute atomic E-state index is 0.270. The molecule has 1 aromatic rings. The van der Waals surface area contributed by atoms with Crippen molar-refractivity contribution in [2.24, 2.45) is 0 Å². The van der Waals surface area contributed by atoms with E-state index in [1.165, 1.54) is 12.3 Å². The first kappa shape index (κ1) is 12.7. The van der Waals surface area contributed by atoms with E-state index in [0.717, 1.165) is 0 Å². The molecule has 0 atom stereocenters. The summed E-state index contributed by atoms with van der Waals surface area (Å²) in [6.07, 6.45) is 1.47. The Morgan fingerprint density at radius 1 is 1.40 bits per heavy atom. The molecular formula is C9H13ClNO3P. The number of halogens is 1. The van der Waals surface area contributed by atoms with Crippen LogP contribution in [0.5, 0.6) is 0 Å². The van der Waals surface area contributed by atoms with Crippen LogP contribution in [0, 0.1) is 0 Å². The van der Waals surface area contributed by atoms with Gasteiger partial charge in [0.15, 0.2) is 0 Å². The first-order valence-electron chi connectivity index (χ1n) is 4.63. The molecule has 0 spiro atoms. The highest BCUT2D eigenvalue weighted by atomic mass is 35.5. The summed E-state index contributed by atoms with van der Waals surface area (Å²) in [4.78, 5) is 3.81. The molecule has 1 aromatic heterocycles. The van der Waals surface area contributed by atoms with Crippen LogP contribution in [0.15, 0.2) is 18.3 Å². The fourth-order valence-electron chi connectivity index (χ4n) is 1.09. The molecule has 4 nitrogen and oxygen atoms in total. The standard InChI is InChI=1S/C9H13ClNO3P/c1-3-13-15(12,14-4-2)8-5-6-11-9(10)7-8/h5-7H,3-4H2,1-2H3. The van der Waals surface area contributed by atoms with Gasteiger partial charge in [-0.3, -0.25) is 4.57 Å². The molecule has 1 heterocycles. The van der Waals surface area contributed by atoms with Gasteiger partial charge >= 0.3 is 7.60 Å².